The van der Waals surface area contributed by atoms with Crippen molar-refractivity contribution in [2.24, 2.45) is 5.73 Å². The standard InChI is InChI=1S/C20H20N4O2/c1-11-8-12(2)17(13(3)9-11)24-20(26)23-16-10-14-6-4-5-7-15(14)22-18(16)19(21)25/h4-10H,1-3H3,(H2,21,25)(H2,23,24,26). The number of hydrogen-bond acceptors (Lipinski definition) is 3. The number of rotatable bonds is 3. The third-order valence-electron chi connectivity index (χ3n) is 4.12. The van der Waals surface area contributed by atoms with Crippen molar-refractivity contribution in [1.82, 2.24) is 4.98 Å². The third kappa shape index (κ3) is 3.49. The number of nitrogens with two attached hydrogens (primary N) is 1. The van der Waals surface area contributed by atoms with Crippen LogP contribution in [0.3, 0.4) is 0 Å². The maximum absolute atomic E-state index is 12.5. The molecule has 0 spiro atoms. The molecule has 0 fully saturated rings. The molecule has 6 nitrogen and oxygen atoms in total. The van der Waals surface area contributed by atoms with E-state index < -0.39 is 11.9 Å². The van der Waals surface area contributed by atoms with Gasteiger partial charge in [-0.1, -0.05) is 35.9 Å². The fraction of sp³-hybridized carbons (Fsp3) is 0.150. The highest BCUT2D eigenvalue weighted by atomic mass is 16.2. The largest absolute Gasteiger partial charge is 0.364 e. The minimum absolute atomic E-state index is 0.0243. The zero-order valence-electron chi connectivity index (χ0n) is 14.9. The highest BCUT2D eigenvalue weighted by Gasteiger charge is 2.15. The van der Waals surface area contributed by atoms with Crippen LogP contribution in [0.4, 0.5) is 16.2 Å². The van der Waals surface area contributed by atoms with Gasteiger partial charge < -0.3 is 16.4 Å². The number of para-hydroxylation sites is 1. The Bertz CT molecular complexity index is 1000. The maximum Gasteiger partial charge on any atom is 0.323 e. The number of fused-ring (bicyclic) bond motifs is 1. The first kappa shape index (κ1) is 17.4. The lowest BCUT2D eigenvalue weighted by Crippen LogP contribution is -2.24. The number of hydrogen-bond donors (Lipinski definition) is 3. The molecule has 0 bridgehead atoms. The van der Waals surface area contributed by atoms with Gasteiger partial charge in [-0.25, -0.2) is 9.78 Å². The van der Waals surface area contributed by atoms with E-state index in [1.807, 2.05) is 51.1 Å². The van der Waals surface area contributed by atoms with Crippen LogP contribution >= 0.6 is 0 Å². The molecular weight excluding hydrogens is 328 g/mol. The van der Waals surface area contributed by atoms with Crippen LogP contribution in [0, 0.1) is 20.8 Å². The van der Waals surface area contributed by atoms with Crippen molar-refractivity contribution >= 4 is 34.2 Å². The second-order valence-electron chi connectivity index (χ2n) is 6.29. The molecule has 4 N–H and O–H groups in total. The van der Waals surface area contributed by atoms with Gasteiger partial charge in [-0.05, 0) is 44.0 Å². The number of carbonyl (C=O) groups is 2. The number of carbonyl (C=O) groups excluding carboxylic acids is 2. The van der Waals surface area contributed by atoms with E-state index >= 15 is 0 Å². The molecule has 1 heterocycles. The molecule has 1 aromatic heterocycles. The van der Waals surface area contributed by atoms with Crippen LogP contribution in [0.25, 0.3) is 10.9 Å². The van der Waals surface area contributed by atoms with E-state index in [4.69, 9.17) is 5.73 Å². The van der Waals surface area contributed by atoms with E-state index in [1.54, 1.807) is 12.1 Å². The Balaban J connectivity index is 1.92. The summed E-state index contributed by atoms with van der Waals surface area (Å²) in [6, 6.07) is 12.5. The molecule has 3 aromatic rings. The van der Waals surface area contributed by atoms with Crippen molar-refractivity contribution < 1.29 is 9.59 Å². The lowest BCUT2D eigenvalue weighted by molar-refractivity contribution is 0.0997. The summed E-state index contributed by atoms with van der Waals surface area (Å²) in [4.78, 5) is 28.5. The number of benzene rings is 2. The van der Waals surface area contributed by atoms with Crippen molar-refractivity contribution in [3.63, 3.8) is 0 Å². The van der Waals surface area contributed by atoms with Crippen LogP contribution in [0.15, 0.2) is 42.5 Å². The number of amides is 3. The summed E-state index contributed by atoms with van der Waals surface area (Å²) in [5, 5.41) is 6.33. The van der Waals surface area contributed by atoms with Crippen molar-refractivity contribution in [3.8, 4) is 0 Å². The number of aromatic nitrogens is 1. The second kappa shape index (κ2) is 6.84. The molecule has 0 aliphatic carbocycles. The molecule has 0 atom stereocenters. The molecule has 0 saturated heterocycles. The fourth-order valence-electron chi connectivity index (χ4n) is 3.04. The van der Waals surface area contributed by atoms with E-state index in [9.17, 15) is 9.59 Å². The van der Waals surface area contributed by atoms with E-state index in [0.29, 0.717) is 5.52 Å². The molecule has 0 unspecified atom stereocenters. The first-order valence-corrected chi connectivity index (χ1v) is 8.20. The van der Waals surface area contributed by atoms with Crippen LogP contribution in [-0.4, -0.2) is 16.9 Å². The Kier molecular flexibility index (Phi) is 4.58. The fourth-order valence-corrected chi connectivity index (χ4v) is 3.04. The van der Waals surface area contributed by atoms with Gasteiger partial charge in [0.1, 0.15) is 0 Å². The summed E-state index contributed by atoms with van der Waals surface area (Å²) in [7, 11) is 0. The minimum Gasteiger partial charge on any atom is -0.364 e. The SMILES string of the molecule is Cc1cc(C)c(NC(=O)Nc2cc3ccccc3nc2C(N)=O)c(C)c1. The number of urea groups is 1. The van der Waals surface area contributed by atoms with Gasteiger partial charge in [-0.3, -0.25) is 4.79 Å². The van der Waals surface area contributed by atoms with Crippen molar-refractivity contribution in [3.05, 3.63) is 64.8 Å². The number of nitrogens with zero attached hydrogens (tertiary/aromatic N) is 1. The third-order valence-corrected chi connectivity index (χ3v) is 4.12. The van der Waals surface area contributed by atoms with Crippen LogP contribution < -0.4 is 16.4 Å². The smallest absolute Gasteiger partial charge is 0.323 e. The molecule has 3 rings (SSSR count). The Hall–Kier alpha value is -3.41. The van der Waals surface area contributed by atoms with Gasteiger partial charge in [0.2, 0.25) is 0 Å². The van der Waals surface area contributed by atoms with Crippen LogP contribution in [0.5, 0.6) is 0 Å². The summed E-state index contributed by atoms with van der Waals surface area (Å²) in [6.07, 6.45) is 0. The zero-order chi connectivity index (χ0) is 18.8. The molecule has 132 valence electrons. The maximum atomic E-state index is 12.5. The summed E-state index contributed by atoms with van der Waals surface area (Å²) in [6.45, 7) is 5.87. The zero-order valence-corrected chi connectivity index (χ0v) is 14.9. The summed E-state index contributed by atoms with van der Waals surface area (Å²) >= 11 is 0. The van der Waals surface area contributed by atoms with E-state index in [-0.39, 0.29) is 11.4 Å². The highest BCUT2D eigenvalue weighted by Crippen LogP contribution is 2.24. The van der Waals surface area contributed by atoms with E-state index in [0.717, 1.165) is 27.8 Å². The van der Waals surface area contributed by atoms with Gasteiger partial charge in [0.05, 0.1) is 11.2 Å². The molecule has 6 heteroatoms. The molecule has 0 saturated carbocycles. The molecule has 3 amide bonds. The monoisotopic (exact) mass is 348 g/mol. The van der Waals surface area contributed by atoms with Gasteiger partial charge in [0, 0.05) is 11.1 Å². The second-order valence-corrected chi connectivity index (χ2v) is 6.29. The summed E-state index contributed by atoms with van der Waals surface area (Å²) < 4.78 is 0. The van der Waals surface area contributed by atoms with E-state index in [1.165, 1.54) is 0 Å². The number of pyridine rings is 1. The van der Waals surface area contributed by atoms with Crippen LogP contribution in [0.1, 0.15) is 27.2 Å². The first-order valence-electron chi connectivity index (χ1n) is 8.20. The number of nitrogens with one attached hydrogen (secondary N) is 2. The van der Waals surface area contributed by atoms with Gasteiger partial charge in [0.15, 0.2) is 5.69 Å². The first-order chi connectivity index (χ1) is 12.3. The molecule has 2 aromatic carbocycles. The van der Waals surface area contributed by atoms with Crippen molar-refractivity contribution in [2.45, 2.75) is 20.8 Å². The van der Waals surface area contributed by atoms with Gasteiger partial charge in [-0.2, -0.15) is 0 Å². The summed E-state index contributed by atoms with van der Waals surface area (Å²) in [5.41, 5.74) is 10.1. The van der Waals surface area contributed by atoms with E-state index in [2.05, 4.69) is 15.6 Å². The lowest BCUT2D eigenvalue weighted by atomic mass is 10.1. The predicted octanol–water partition coefficient (Wildman–Crippen LogP) is 3.90. The summed E-state index contributed by atoms with van der Waals surface area (Å²) in [5.74, 6) is -0.700. The van der Waals surface area contributed by atoms with Crippen molar-refractivity contribution in [2.75, 3.05) is 10.6 Å². The molecule has 26 heavy (non-hydrogen) atoms. The molecular formula is C20H20N4O2. The highest BCUT2D eigenvalue weighted by molar-refractivity contribution is 6.07. The normalized spacial score (nSPS) is 10.6. The minimum atomic E-state index is -0.700. The number of primary amides is 1. The number of aryl methyl sites for hydroxylation is 3. The van der Waals surface area contributed by atoms with Crippen LogP contribution in [0.2, 0.25) is 0 Å². The molecule has 0 radical (unpaired) electrons. The average molecular weight is 348 g/mol. The van der Waals surface area contributed by atoms with Gasteiger partial charge in [-0.15, -0.1) is 0 Å². The Morgan fingerprint density at radius 3 is 2.27 bits per heavy atom. The average Bonchev–Trinajstić information content (AvgIpc) is 2.57. The van der Waals surface area contributed by atoms with Gasteiger partial charge in [0.25, 0.3) is 5.91 Å². The Labute approximate surface area is 151 Å². The lowest BCUT2D eigenvalue weighted by Gasteiger charge is -2.15. The Morgan fingerprint density at radius 2 is 1.62 bits per heavy atom. The quantitative estimate of drug-likeness (QED) is 0.669. The van der Waals surface area contributed by atoms with Gasteiger partial charge >= 0.3 is 6.03 Å². The Morgan fingerprint density at radius 1 is 0.962 bits per heavy atom. The topological polar surface area (TPSA) is 97.1 Å². The predicted molar refractivity (Wildman–Crippen MR) is 104 cm³/mol. The number of anilines is 2. The molecule has 0 aliphatic rings. The van der Waals surface area contributed by atoms with Crippen molar-refractivity contribution in [1.29, 1.82) is 0 Å². The molecule has 0 aliphatic heterocycles. The van der Waals surface area contributed by atoms with Crippen LogP contribution in [-0.2, 0) is 0 Å².